The molecule has 5 nitrogen and oxygen atoms in total. The minimum atomic E-state index is 0.594. The van der Waals surface area contributed by atoms with Crippen LogP contribution < -0.4 is 0 Å². The second-order valence-corrected chi connectivity index (χ2v) is 14.0. The summed E-state index contributed by atoms with van der Waals surface area (Å²) >= 11 is 0. The number of benzene rings is 8. The average Bonchev–Trinajstić information content (AvgIpc) is 3.82. The molecule has 3 heterocycles. The Kier molecular flexibility index (Phi) is 7.42. The van der Waals surface area contributed by atoms with Crippen LogP contribution in [-0.4, -0.2) is 19.5 Å². The lowest BCUT2D eigenvalue weighted by molar-refractivity contribution is 0.670. The Labute approximate surface area is 322 Å². The van der Waals surface area contributed by atoms with Crippen molar-refractivity contribution >= 4 is 43.7 Å². The highest BCUT2D eigenvalue weighted by Gasteiger charge is 2.18. The van der Waals surface area contributed by atoms with Crippen molar-refractivity contribution in [3.8, 4) is 62.1 Å². The summed E-state index contributed by atoms with van der Waals surface area (Å²) in [6.07, 6.45) is 0. The third-order valence-electron chi connectivity index (χ3n) is 10.7. The van der Waals surface area contributed by atoms with E-state index in [1.54, 1.807) is 0 Å². The van der Waals surface area contributed by atoms with Gasteiger partial charge >= 0.3 is 0 Å². The summed E-state index contributed by atoms with van der Waals surface area (Å²) in [6, 6.07) is 67.5. The molecule has 0 saturated carbocycles. The van der Waals surface area contributed by atoms with Gasteiger partial charge in [0.2, 0.25) is 0 Å². The van der Waals surface area contributed by atoms with Crippen LogP contribution in [0, 0.1) is 0 Å². The first-order valence-corrected chi connectivity index (χ1v) is 18.8. The monoisotopic (exact) mass is 716 g/mol. The molecule has 262 valence electrons. The molecule has 0 unspecified atom stereocenters. The van der Waals surface area contributed by atoms with Crippen LogP contribution in [0.15, 0.2) is 199 Å². The number of nitrogens with zero attached hydrogens (tertiary/aromatic N) is 4. The summed E-state index contributed by atoms with van der Waals surface area (Å²) < 4.78 is 9.14. The maximum atomic E-state index is 6.78. The maximum absolute atomic E-state index is 6.78. The number of hydrogen-bond acceptors (Lipinski definition) is 4. The summed E-state index contributed by atoms with van der Waals surface area (Å²) in [5, 5.41) is 4.51. The summed E-state index contributed by atoms with van der Waals surface area (Å²) in [7, 11) is 0. The first-order chi connectivity index (χ1) is 27.7. The van der Waals surface area contributed by atoms with Crippen molar-refractivity contribution in [1.29, 1.82) is 0 Å². The number of aromatic nitrogens is 4. The third kappa shape index (κ3) is 5.37. The zero-order chi connectivity index (χ0) is 37.0. The van der Waals surface area contributed by atoms with Crippen molar-refractivity contribution in [1.82, 2.24) is 19.5 Å². The van der Waals surface area contributed by atoms with Gasteiger partial charge in [0.05, 0.1) is 11.0 Å². The Morgan fingerprint density at radius 3 is 1.57 bits per heavy atom. The summed E-state index contributed by atoms with van der Waals surface area (Å²) in [5.41, 5.74) is 12.4. The lowest BCUT2D eigenvalue weighted by atomic mass is 10.00. The Bertz CT molecular complexity index is 3160. The van der Waals surface area contributed by atoms with Crippen molar-refractivity contribution in [3.63, 3.8) is 0 Å². The normalized spacial score (nSPS) is 11.6. The molecule has 0 saturated heterocycles. The van der Waals surface area contributed by atoms with E-state index in [0.29, 0.717) is 17.5 Å². The first kappa shape index (κ1) is 31.9. The standard InChI is InChI=1S/C51H32N4O/c1-4-13-33(14-5-1)34-23-27-39(28-24-34)55-45-22-11-10-19-41(45)44-31-37(26-30-46(44)55)40-20-12-21-43-42-29-25-38(32-47(42)56-48(40)43)51-53-49(35-15-6-2-7-16-35)52-50(54-51)36-17-8-3-9-18-36/h1-32H. The third-order valence-corrected chi connectivity index (χ3v) is 10.7. The van der Waals surface area contributed by atoms with Gasteiger partial charge in [-0.25, -0.2) is 15.0 Å². The van der Waals surface area contributed by atoms with E-state index in [1.807, 2.05) is 60.7 Å². The summed E-state index contributed by atoms with van der Waals surface area (Å²) in [6.45, 7) is 0. The number of hydrogen-bond donors (Lipinski definition) is 0. The summed E-state index contributed by atoms with van der Waals surface area (Å²) in [5.74, 6) is 1.85. The SMILES string of the molecule is c1ccc(-c2ccc(-n3c4ccccc4c4cc(-c5cccc6c5oc5cc(-c7nc(-c8ccccc8)nc(-c8ccccc8)n7)ccc56)ccc43)cc2)cc1. The Morgan fingerprint density at radius 2 is 0.875 bits per heavy atom. The lowest BCUT2D eigenvalue weighted by Gasteiger charge is -2.10. The van der Waals surface area contributed by atoms with E-state index in [0.717, 1.165) is 61.0 Å². The molecule has 11 rings (SSSR count). The Morgan fingerprint density at radius 1 is 0.339 bits per heavy atom. The molecule has 0 spiro atoms. The van der Waals surface area contributed by atoms with Crippen molar-refractivity contribution in [2.45, 2.75) is 0 Å². The van der Waals surface area contributed by atoms with Crippen LogP contribution >= 0.6 is 0 Å². The highest BCUT2D eigenvalue weighted by atomic mass is 16.3. The average molecular weight is 717 g/mol. The number of rotatable bonds is 6. The fourth-order valence-electron chi connectivity index (χ4n) is 7.95. The fraction of sp³-hybridized carbons (Fsp3) is 0. The topological polar surface area (TPSA) is 56.7 Å². The number of furan rings is 1. The van der Waals surface area contributed by atoms with E-state index in [4.69, 9.17) is 19.4 Å². The second-order valence-electron chi connectivity index (χ2n) is 14.0. The Balaban J connectivity index is 1.02. The van der Waals surface area contributed by atoms with Crippen molar-refractivity contribution in [2.75, 3.05) is 0 Å². The molecule has 5 heteroatoms. The van der Waals surface area contributed by atoms with Crippen LogP contribution in [-0.2, 0) is 0 Å². The molecular formula is C51H32N4O. The van der Waals surface area contributed by atoms with E-state index < -0.39 is 0 Å². The molecule has 0 amide bonds. The smallest absolute Gasteiger partial charge is 0.164 e. The van der Waals surface area contributed by atoms with E-state index in [2.05, 4.69) is 138 Å². The summed E-state index contributed by atoms with van der Waals surface area (Å²) in [4.78, 5) is 14.8. The van der Waals surface area contributed by atoms with E-state index in [-0.39, 0.29) is 0 Å². The largest absolute Gasteiger partial charge is 0.455 e. The molecule has 0 atom stereocenters. The van der Waals surface area contributed by atoms with Gasteiger partial charge < -0.3 is 8.98 Å². The van der Waals surface area contributed by atoms with Gasteiger partial charge in [0.15, 0.2) is 17.5 Å². The molecule has 0 bridgehead atoms. The molecule has 0 fully saturated rings. The quantitative estimate of drug-likeness (QED) is 0.172. The van der Waals surface area contributed by atoms with Gasteiger partial charge in [0.1, 0.15) is 11.2 Å². The van der Waals surface area contributed by atoms with E-state index >= 15 is 0 Å². The highest BCUT2D eigenvalue weighted by molar-refractivity contribution is 6.13. The van der Waals surface area contributed by atoms with Gasteiger partial charge in [-0.05, 0) is 59.2 Å². The van der Waals surface area contributed by atoms with Crippen LogP contribution in [0.4, 0.5) is 0 Å². The Hall–Kier alpha value is -7.63. The minimum Gasteiger partial charge on any atom is -0.455 e. The number of para-hydroxylation sites is 2. The maximum Gasteiger partial charge on any atom is 0.164 e. The van der Waals surface area contributed by atoms with Gasteiger partial charge in [0, 0.05) is 49.5 Å². The molecule has 3 aromatic heterocycles. The highest BCUT2D eigenvalue weighted by Crippen LogP contribution is 2.40. The van der Waals surface area contributed by atoms with Gasteiger partial charge in [0.25, 0.3) is 0 Å². The molecule has 0 N–H and O–H groups in total. The second kappa shape index (κ2) is 13.0. The van der Waals surface area contributed by atoms with Gasteiger partial charge in [-0.3, -0.25) is 0 Å². The van der Waals surface area contributed by atoms with Crippen LogP contribution in [0.2, 0.25) is 0 Å². The zero-order valence-electron chi connectivity index (χ0n) is 30.2. The lowest BCUT2D eigenvalue weighted by Crippen LogP contribution is -2.00. The molecule has 56 heavy (non-hydrogen) atoms. The van der Waals surface area contributed by atoms with Gasteiger partial charge in [-0.1, -0.05) is 152 Å². The zero-order valence-corrected chi connectivity index (χ0v) is 30.2. The van der Waals surface area contributed by atoms with Gasteiger partial charge in [-0.2, -0.15) is 0 Å². The van der Waals surface area contributed by atoms with Crippen molar-refractivity contribution < 1.29 is 4.42 Å². The molecule has 0 radical (unpaired) electrons. The molecule has 0 aliphatic heterocycles. The molecule has 8 aromatic carbocycles. The van der Waals surface area contributed by atoms with Gasteiger partial charge in [-0.15, -0.1) is 0 Å². The predicted molar refractivity (Wildman–Crippen MR) is 229 cm³/mol. The first-order valence-electron chi connectivity index (χ1n) is 18.8. The number of fused-ring (bicyclic) bond motifs is 6. The van der Waals surface area contributed by atoms with Crippen LogP contribution in [0.3, 0.4) is 0 Å². The fourth-order valence-corrected chi connectivity index (χ4v) is 7.95. The van der Waals surface area contributed by atoms with Crippen molar-refractivity contribution in [3.05, 3.63) is 194 Å². The molecule has 11 aromatic rings. The molecular weight excluding hydrogens is 685 g/mol. The van der Waals surface area contributed by atoms with Crippen LogP contribution in [0.5, 0.6) is 0 Å². The van der Waals surface area contributed by atoms with E-state index in [9.17, 15) is 0 Å². The van der Waals surface area contributed by atoms with Crippen LogP contribution in [0.25, 0.3) is 106 Å². The van der Waals surface area contributed by atoms with Crippen LogP contribution in [0.1, 0.15) is 0 Å². The van der Waals surface area contributed by atoms with E-state index in [1.165, 1.54) is 27.4 Å². The van der Waals surface area contributed by atoms with Crippen molar-refractivity contribution in [2.24, 2.45) is 0 Å². The molecule has 0 aliphatic rings. The molecule has 0 aliphatic carbocycles. The minimum absolute atomic E-state index is 0.594. The predicted octanol–water partition coefficient (Wildman–Crippen LogP) is 13.2.